The molecule has 3 N–H and O–H groups in total. The van der Waals surface area contributed by atoms with Crippen molar-refractivity contribution in [2.75, 3.05) is 12.3 Å². The molecule has 0 unspecified atom stereocenters. The molecule has 0 fully saturated rings. The Morgan fingerprint density at radius 1 is 1.12 bits per heavy atom. The minimum absolute atomic E-state index is 0.0971. The first kappa shape index (κ1) is 15.9. The molecule has 0 aliphatic rings. The van der Waals surface area contributed by atoms with Gasteiger partial charge in [0.1, 0.15) is 0 Å². The molecule has 4 nitrogen and oxygen atoms in total. The van der Waals surface area contributed by atoms with E-state index in [9.17, 15) is 8.42 Å². The van der Waals surface area contributed by atoms with E-state index in [2.05, 4.69) is 25.5 Å². The van der Waals surface area contributed by atoms with Crippen LogP contribution in [0.5, 0.6) is 0 Å². The van der Waals surface area contributed by atoms with Gasteiger partial charge in [0, 0.05) is 5.54 Å². The summed E-state index contributed by atoms with van der Waals surface area (Å²) in [6, 6.07) is 0. The molecule has 0 bridgehead atoms. The Bertz CT molecular complexity index is 302. The van der Waals surface area contributed by atoms with Crippen LogP contribution in [0.25, 0.3) is 0 Å². The Labute approximate surface area is 100 Å². The van der Waals surface area contributed by atoms with E-state index in [-0.39, 0.29) is 11.2 Å². The molecule has 5 heteroatoms. The van der Waals surface area contributed by atoms with Gasteiger partial charge in [-0.25, -0.2) is 13.1 Å². The van der Waals surface area contributed by atoms with Crippen molar-refractivity contribution in [3.05, 3.63) is 0 Å². The summed E-state index contributed by atoms with van der Waals surface area (Å²) in [5.74, 6) is 0.108. The van der Waals surface area contributed by atoms with Crippen LogP contribution in [0.2, 0.25) is 0 Å². The molecule has 98 valence electrons. The largest absolute Gasteiger partial charge is 0.330 e. The minimum Gasteiger partial charge on any atom is -0.330 e. The number of rotatable bonds is 6. The van der Waals surface area contributed by atoms with Crippen molar-refractivity contribution in [1.82, 2.24) is 4.72 Å². The van der Waals surface area contributed by atoms with Crippen molar-refractivity contribution in [3.8, 4) is 0 Å². The Balaban J connectivity index is 4.46. The van der Waals surface area contributed by atoms with E-state index in [0.717, 1.165) is 6.42 Å². The summed E-state index contributed by atoms with van der Waals surface area (Å²) in [4.78, 5) is 0. The van der Waals surface area contributed by atoms with Crippen LogP contribution in [0.1, 0.15) is 47.5 Å². The highest BCUT2D eigenvalue weighted by molar-refractivity contribution is 7.89. The highest BCUT2D eigenvalue weighted by Gasteiger charge is 2.29. The molecule has 0 saturated carbocycles. The second-order valence-corrected chi connectivity index (χ2v) is 8.03. The van der Waals surface area contributed by atoms with Gasteiger partial charge in [-0.15, -0.1) is 0 Å². The lowest BCUT2D eigenvalue weighted by molar-refractivity contribution is 0.269. The summed E-state index contributed by atoms with van der Waals surface area (Å²) in [7, 11) is -3.20. The van der Waals surface area contributed by atoms with Gasteiger partial charge >= 0.3 is 0 Å². The van der Waals surface area contributed by atoms with Crippen LogP contribution in [-0.2, 0) is 10.0 Å². The Morgan fingerprint density at radius 2 is 1.62 bits per heavy atom. The normalized spacial score (nSPS) is 14.1. The van der Waals surface area contributed by atoms with Crippen LogP contribution in [-0.4, -0.2) is 26.3 Å². The van der Waals surface area contributed by atoms with Crippen molar-refractivity contribution in [2.45, 2.75) is 53.0 Å². The molecule has 0 heterocycles. The Morgan fingerprint density at radius 3 is 2.00 bits per heavy atom. The third kappa shape index (κ3) is 8.07. The second-order valence-electron chi connectivity index (χ2n) is 6.18. The number of nitrogens with one attached hydrogen (secondary N) is 1. The number of sulfonamides is 1. The highest BCUT2D eigenvalue weighted by Crippen LogP contribution is 2.27. The average Bonchev–Trinajstić information content (AvgIpc) is 1.93. The molecular weight excluding hydrogens is 224 g/mol. The number of hydrogen-bond acceptors (Lipinski definition) is 3. The van der Waals surface area contributed by atoms with Gasteiger partial charge in [0.2, 0.25) is 10.0 Å². The fourth-order valence-corrected chi connectivity index (χ4v) is 3.67. The molecule has 0 atom stereocenters. The molecule has 0 radical (unpaired) electrons. The molecule has 0 aromatic heterocycles. The third-order valence-corrected chi connectivity index (χ3v) is 3.71. The SMILES string of the molecule is CC(C)(C)CC(C)(C)NS(=O)(=O)CCCN. The molecule has 0 amide bonds. The first-order valence-corrected chi connectivity index (χ1v) is 7.34. The van der Waals surface area contributed by atoms with Crippen LogP contribution in [0.15, 0.2) is 0 Å². The first-order chi connectivity index (χ1) is 6.97. The summed E-state index contributed by atoms with van der Waals surface area (Å²) in [6.07, 6.45) is 1.29. The zero-order valence-electron chi connectivity index (χ0n) is 11.1. The molecule has 0 aromatic rings. The molecule has 0 aliphatic carbocycles. The maximum atomic E-state index is 11.7. The predicted molar refractivity (Wildman–Crippen MR) is 68.7 cm³/mol. The summed E-state index contributed by atoms with van der Waals surface area (Å²) >= 11 is 0. The maximum Gasteiger partial charge on any atom is 0.212 e. The smallest absolute Gasteiger partial charge is 0.212 e. The predicted octanol–water partition coefficient (Wildman–Crippen LogP) is 1.47. The number of nitrogens with two attached hydrogens (primary N) is 1. The van der Waals surface area contributed by atoms with Crippen LogP contribution in [0.3, 0.4) is 0 Å². The summed E-state index contributed by atoms with van der Waals surface area (Å²) in [6.45, 7) is 10.5. The Kier molecular flexibility index (Phi) is 5.42. The molecule has 0 aromatic carbocycles. The quantitative estimate of drug-likeness (QED) is 0.750. The molecule has 0 saturated heterocycles. The average molecular weight is 250 g/mol. The van der Waals surface area contributed by atoms with Gasteiger partial charge in [0.15, 0.2) is 0 Å². The molecule has 0 rings (SSSR count). The van der Waals surface area contributed by atoms with Crippen LogP contribution < -0.4 is 10.5 Å². The van der Waals surface area contributed by atoms with Gasteiger partial charge in [0.25, 0.3) is 0 Å². The van der Waals surface area contributed by atoms with Crippen molar-refractivity contribution in [3.63, 3.8) is 0 Å². The van der Waals surface area contributed by atoms with Gasteiger partial charge in [-0.05, 0) is 38.6 Å². The van der Waals surface area contributed by atoms with Crippen LogP contribution in [0, 0.1) is 5.41 Å². The zero-order chi connectivity index (χ0) is 13.0. The van der Waals surface area contributed by atoms with E-state index in [1.165, 1.54) is 0 Å². The molecular formula is C11H26N2O2S. The summed E-state index contributed by atoms with van der Waals surface area (Å²) < 4.78 is 26.2. The fraction of sp³-hybridized carbons (Fsp3) is 1.00. The van der Waals surface area contributed by atoms with Crippen molar-refractivity contribution < 1.29 is 8.42 Å². The molecule has 0 spiro atoms. The van der Waals surface area contributed by atoms with E-state index in [1.54, 1.807) is 0 Å². The lowest BCUT2D eigenvalue weighted by Crippen LogP contribution is -2.46. The highest BCUT2D eigenvalue weighted by atomic mass is 32.2. The van der Waals surface area contributed by atoms with Crippen molar-refractivity contribution >= 4 is 10.0 Å². The minimum atomic E-state index is -3.20. The van der Waals surface area contributed by atoms with Crippen LogP contribution in [0.4, 0.5) is 0 Å². The van der Waals surface area contributed by atoms with Gasteiger partial charge in [-0.2, -0.15) is 0 Å². The van der Waals surface area contributed by atoms with Gasteiger partial charge < -0.3 is 5.73 Å². The molecule has 16 heavy (non-hydrogen) atoms. The van der Waals surface area contributed by atoms with Crippen LogP contribution >= 0.6 is 0 Å². The van der Waals surface area contributed by atoms with Gasteiger partial charge in [-0.3, -0.25) is 0 Å². The third-order valence-electron chi connectivity index (χ3n) is 2.02. The topological polar surface area (TPSA) is 72.2 Å². The van der Waals surface area contributed by atoms with Crippen molar-refractivity contribution in [2.24, 2.45) is 11.1 Å². The van der Waals surface area contributed by atoms with E-state index < -0.39 is 15.6 Å². The van der Waals surface area contributed by atoms with Gasteiger partial charge in [-0.1, -0.05) is 20.8 Å². The second kappa shape index (κ2) is 5.47. The Hall–Kier alpha value is -0.130. The monoisotopic (exact) mass is 250 g/mol. The fourth-order valence-electron chi connectivity index (χ4n) is 2.11. The summed E-state index contributed by atoms with van der Waals surface area (Å²) in [5.41, 5.74) is 5.00. The zero-order valence-corrected chi connectivity index (χ0v) is 11.9. The first-order valence-electron chi connectivity index (χ1n) is 5.69. The van der Waals surface area contributed by atoms with E-state index in [1.807, 2.05) is 13.8 Å². The maximum absolute atomic E-state index is 11.7. The lowest BCUT2D eigenvalue weighted by Gasteiger charge is -2.32. The van der Waals surface area contributed by atoms with E-state index in [4.69, 9.17) is 5.73 Å². The van der Waals surface area contributed by atoms with E-state index in [0.29, 0.717) is 13.0 Å². The molecule has 0 aliphatic heterocycles. The lowest BCUT2D eigenvalue weighted by atomic mass is 9.82. The van der Waals surface area contributed by atoms with E-state index >= 15 is 0 Å². The number of hydrogen-bond donors (Lipinski definition) is 2. The summed E-state index contributed by atoms with van der Waals surface area (Å²) in [5, 5.41) is 0. The standard InChI is InChI=1S/C11H26N2O2S/c1-10(2,3)9-11(4,5)13-16(14,15)8-6-7-12/h13H,6-9,12H2,1-5H3. The van der Waals surface area contributed by atoms with Crippen molar-refractivity contribution in [1.29, 1.82) is 0 Å². The van der Waals surface area contributed by atoms with Gasteiger partial charge in [0.05, 0.1) is 5.75 Å².